The lowest BCUT2D eigenvalue weighted by Gasteiger charge is -2.38. The quantitative estimate of drug-likeness (QED) is 0.184. The van der Waals surface area contributed by atoms with Crippen LogP contribution in [0.5, 0.6) is 0 Å². The molecule has 1 fully saturated rings. The predicted molar refractivity (Wildman–Crippen MR) is 137 cm³/mol. The number of alkyl halides is 3. The van der Waals surface area contributed by atoms with E-state index < -0.39 is 34.8 Å². The smallest absolute Gasteiger partial charge is 0.322 e. The van der Waals surface area contributed by atoms with Crippen LogP contribution in [0.2, 0.25) is 15.3 Å². The number of nitrogens with one attached hydrogen (secondary N) is 1. The van der Waals surface area contributed by atoms with E-state index in [0.717, 1.165) is 17.0 Å². The number of thioether (sulfide) groups is 1. The molecule has 3 aromatic rings. The molecule has 1 aromatic carbocycles. The summed E-state index contributed by atoms with van der Waals surface area (Å²) in [4.78, 5) is 36.1. The van der Waals surface area contributed by atoms with Crippen LogP contribution in [0.1, 0.15) is 36.8 Å². The molecular weight excluding hydrogens is 572 g/mol. The lowest BCUT2D eigenvalue weighted by atomic mass is 9.70. The minimum atomic E-state index is -4.55. The topological polar surface area (TPSA) is 75.2 Å². The maximum absolute atomic E-state index is 14.2. The Morgan fingerprint density at radius 3 is 1.92 bits per heavy atom. The van der Waals surface area contributed by atoms with Crippen molar-refractivity contribution in [3.8, 4) is 0 Å². The standard InChI is InChI=1S/C24H18Cl3F3N4O2S/c1-12(14-5-7-31-19(26)9-14)23(13(2)15-6-8-32-20(27)10-15)21(35)34(22(36)33-23)16-3-4-18(17(25)11-16)37-24(28,29)30/h3-13H,1-2H3,(H,33,36). The number of pyridine rings is 2. The minimum Gasteiger partial charge on any atom is -0.322 e. The Morgan fingerprint density at radius 2 is 1.46 bits per heavy atom. The summed E-state index contributed by atoms with van der Waals surface area (Å²) >= 11 is 17.9. The van der Waals surface area contributed by atoms with Gasteiger partial charge in [-0.05, 0) is 65.4 Å². The Kier molecular flexibility index (Phi) is 7.67. The molecule has 13 heteroatoms. The first-order valence-corrected chi connectivity index (χ1v) is 12.7. The second-order valence-corrected chi connectivity index (χ2v) is 10.7. The summed E-state index contributed by atoms with van der Waals surface area (Å²) in [5.74, 6) is -1.86. The number of hydrogen-bond donors (Lipinski definition) is 1. The Bertz CT molecular complexity index is 1320. The van der Waals surface area contributed by atoms with Crippen LogP contribution in [0.3, 0.4) is 0 Å². The van der Waals surface area contributed by atoms with Crippen LogP contribution in [-0.4, -0.2) is 33.0 Å². The first-order chi connectivity index (χ1) is 17.3. The molecule has 1 N–H and O–H groups in total. The molecule has 6 nitrogen and oxygen atoms in total. The number of aromatic nitrogens is 2. The highest BCUT2D eigenvalue weighted by molar-refractivity contribution is 8.00. The van der Waals surface area contributed by atoms with Crippen LogP contribution < -0.4 is 10.2 Å². The molecule has 37 heavy (non-hydrogen) atoms. The summed E-state index contributed by atoms with van der Waals surface area (Å²) in [6.45, 7) is 3.53. The lowest BCUT2D eigenvalue weighted by molar-refractivity contribution is -0.123. The van der Waals surface area contributed by atoms with E-state index in [-0.39, 0.29) is 37.7 Å². The molecule has 1 saturated heterocycles. The lowest BCUT2D eigenvalue weighted by Crippen LogP contribution is -2.55. The van der Waals surface area contributed by atoms with E-state index in [9.17, 15) is 22.8 Å². The van der Waals surface area contributed by atoms with Gasteiger partial charge in [0.25, 0.3) is 5.91 Å². The van der Waals surface area contributed by atoms with Crippen molar-refractivity contribution in [3.05, 3.63) is 81.3 Å². The Hall–Kier alpha value is -2.53. The van der Waals surface area contributed by atoms with Gasteiger partial charge < -0.3 is 5.32 Å². The first kappa shape index (κ1) is 27.5. The molecule has 2 unspecified atom stereocenters. The van der Waals surface area contributed by atoms with Crippen molar-refractivity contribution in [1.29, 1.82) is 0 Å². The van der Waals surface area contributed by atoms with Crippen molar-refractivity contribution in [3.63, 3.8) is 0 Å². The van der Waals surface area contributed by atoms with Gasteiger partial charge in [-0.3, -0.25) is 4.79 Å². The third kappa shape index (κ3) is 5.38. The summed E-state index contributed by atoms with van der Waals surface area (Å²) in [6, 6.07) is 9.34. The normalized spacial score (nSPS) is 19.6. The number of halogens is 6. The molecular formula is C24H18Cl3F3N4O2S. The fourth-order valence-corrected chi connectivity index (χ4v) is 5.69. The Labute approximate surface area is 229 Å². The van der Waals surface area contributed by atoms with E-state index in [0.29, 0.717) is 11.1 Å². The first-order valence-electron chi connectivity index (χ1n) is 10.8. The highest BCUT2D eigenvalue weighted by atomic mass is 35.5. The number of carbonyl (C=O) groups is 2. The van der Waals surface area contributed by atoms with E-state index >= 15 is 0 Å². The Morgan fingerprint density at radius 1 is 0.919 bits per heavy atom. The molecule has 194 valence electrons. The highest BCUT2D eigenvalue weighted by Crippen LogP contribution is 2.46. The molecule has 0 bridgehead atoms. The van der Waals surface area contributed by atoms with Crippen LogP contribution in [0, 0.1) is 0 Å². The highest BCUT2D eigenvalue weighted by Gasteiger charge is 2.58. The number of urea groups is 1. The largest absolute Gasteiger partial charge is 0.446 e. The molecule has 2 aromatic heterocycles. The zero-order valence-electron chi connectivity index (χ0n) is 19.2. The second-order valence-electron chi connectivity index (χ2n) is 8.37. The number of hydrogen-bond acceptors (Lipinski definition) is 5. The van der Waals surface area contributed by atoms with Crippen molar-refractivity contribution in [2.45, 2.75) is 41.6 Å². The second kappa shape index (κ2) is 10.3. The molecule has 0 spiro atoms. The summed E-state index contributed by atoms with van der Waals surface area (Å²) in [6.07, 6.45) is 2.98. The number of carbonyl (C=O) groups excluding carboxylic acids is 2. The number of rotatable bonds is 6. The van der Waals surface area contributed by atoms with Gasteiger partial charge in [-0.1, -0.05) is 48.7 Å². The van der Waals surface area contributed by atoms with Crippen LogP contribution >= 0.6 is 46.6 Å². The van der Waals surface area contributed by atoms with Gasteiger partial charge in [0.15, 0.2) is 0 Å². The monoisotopic (exact) mass is 588 g/mol. The van der Waals surface area contributed by atoms with Gasteiger partial charge in [-0.15, -0.1) is 0 Å². The number of imide groups is 1. The fourth-order valence-electron chi connectivity index (χ4n) is 4.50. The zero-order valence-corrected chi connectivity index (χ0v) is 22.3. The van der Waals surface area contributed by atoms with Gasteiger partial charge in [0.1, 0.15) is 15.8 Å². The maximum Gasteiger partial charge on any atom is 0.446 e. The van der Waals surface area contributed by atoms with Gasteiger partial charge >= 0.3 is 11.5 Å². The molecule has 1 aliphatic heterocycles. The fraction of sp³-hybridized carbons (Fsp3) is 0.250. The average molecular weight is 590 g/mol. The van der Waals surface area contributed by atoms with Crippen molar-refractivity contribution in [2.24, 2.45) is 0 Å². The van der Waals surface area contributed by atoms with Gasteiger partial charge in [0.05, 0.1) is 10.7 Å². The van der Waals surface area contributed by atoms with Crippen LogP contribution in [-0.2, 0) is 4.79 Å². The third-order valence-corrected chi connectivity index (χ3v) is 7.99. The summed E-state index contributed by atoms with van der Waals surface area (Å²) in [5, 5.41) is 3.02. The Balaban J connectivity index is 1.82. The molecule has 0 radical (unpaired) electrons. The van der Waals surface area contributed by atoms with Crippen molar-refractivity contribution in [2.75, 3.05) is 4.90 Å². The van der Waals surface area contributed by atoms with E-state index in [1.807, 2.05) is 0 Å². The van der Waals surface area contributed by atoms with Crippen molar-refractivity contribution >= 4 is 64.2 Å². The third-order valence-electron chi connectivity index (χ3n) is 6.34. The van der Waals surface area contributed by atoms with E-state index in [2.05, 4.69) is 15.3 Å². The maximum atomic E-state index is 14.2. The molecule has 1 aliphatic rings. The summed E-state index contributed by atoms with van der Waals surface area (Å²) in [7, 11) is 0. The van der Waals surface area contributed by atoms with Crippen LogP contribution in [0.25, 0.3) is 0 Å². The number of nitrogens with zero attached hydrogens (tertiary/aromatic N) is 3. The molecule has 2 atom stereocenters. The van der Waals surface area contributed by atoms with Crippen LogP contribution in [0.15, 0.2) is 59.8 Å². The van der Waals surface area contributed by atoms with Crippen LogP contribution in [0.4, 0.5) is 23.7 Å². The van der Waals surface area contributed by atoms with Gasteiger partial charge in [-0.2, -0.15) is 13.2 Å². The zero-order chi connectivity index (χ0) is 27.1. The molecule has 0 saturated carbocycles. The summed E-state index contributed by atoms with van der Waals surface area (Å²) in [5.41, 5.74) is -4.78. The van der Waals surface area contributed by atoms with Gasteiger partial charge in [-0.25, -0.2) is 19.7 Å². The van der Waals surface area contributed by atoms with E-state index in [1.165, 1.54) is 18.5 Å². The number of anilines is 1. The van der Waals surface area contributed by atoms with E-state index in [1.54, 1.807) is 38.1 Å². The van der Waals surface area contributed by atoms with Crippen molar-refractivity contribution in [1.82, 2.24) is 15.3 Å². The van der Waals surface area contributed by atoms with Gasteiger partial charge in [0.2, 0.25) is 0 Å². The van der Waals surface area contributed by atoms with Crippen molar-refractivity contribution < 1.29 is 22.8 Å². The average Bonchev–Trinajstić information content (AvgIpc) is 3.09. The minimum absolute atomic E-state index is 0.0285. The number of amides is 3. The molecule has 4 rings (SSSR count). The number of benzene rings is 1. The molecule has 3 amide bonds. The predicted octanol–water partition coefficient (Wildman–Crippen LogP) is 7.45. The van der Waals surface area contributed by atoms with E-state index in [4.69, 9.17) is 34.8 Å². The summed E-state index contributed by atoms with van der Waals surface area (Å²) < 4.78 is 38.6. The van der Waals surface area contributed by atoms with Gasteiger partial charge in [0, 0.05) is 29.1 Å². The molecule has 3 heterocycles. The molecule has 0 aliphatic carbocycles. The SMILES string of the molecule is CC(c1ccnc(Cl)c1)C1(C(C)c2ccnc(Cl)c2)NC(=O)N(c2ccc(SC(F)(F)F)c(Cl)c2)C1=O.